The van der Waals surface area contributed by atoms with Crippen LogP contribution in [0.4, 0.5) is 23.2 Å². The number of pyridine rings is 1. The van der Waals surface area contributed by atoms with Gasteiger partial charge < -0.3 is 10.1 Å². The van der Waals surface area contributed by atoms with Gasteiger partial charge in [-0.15, -0.1) is 10.2 Å². The number of sulfone groups is 1. The maximum absolute atomic E-state index is 14.2. The van der Waals surface area contributed by atoms with Crippen LogP contribution in [0.5, 0.6) is 11.8 Å². The topological polar surface area (TPSA) is 152 Å². The molecule has 0 aliphatic heterocycles. The lowest BCUT2D eigenvalue weighted by Gasteiger charge is -2.16. The maximum atomic E-state index is 14.2. The summed E-state index contributed by atoms with van der Waals surface area (Å²) >= 11 is 0. The van der Waals surface area contributed by atoms with Crippen molar-refractivity contribution >= 4 is 31.2 Å². The van der Waals surface area contributed by atoms with Gasteiger partial charge in [-0.1, -0.05) is 6.07 Å². The average Bonchev–Trinajstić information content (AvgIpc) is 2.71. The molecule has 1 aromatic carbocycles. The molecule has 0 radical (unpaired) electrons. The van der Waals surface area contributed by atoms with Gasteiger partial charge in [0.05, 0.1) is 9.73 Å². The highest BCUT2D eigenvalue weighted by Gasteiger charge is 2.38. The summed E-state index contributed by atoms with van der Waals surface area (Å²) < 4.78 is 102. The lowest BCUT2D eigenvalue weighted by Crippen LogP contribution is -2.21. The first-order chi connectivity index (χ1) is 16.5. The van der Waals surface area contributed by atoms with Crippen molar-refractivity contribution in [2.24, 2.45) is 0 Å². The highest BCUT2D eigenvalue weighted by atomic mass is 32.2. The maximum Gasteiger partial charge on any atom is 0.435 e. The van der Waals surface area contributed by atoms with E-state index in [0.717, 1.165) is 31.6 Å². The fraction of sp³-hybridized carbons (Fsp3) is 0.200. The standard InChI is InChI=1S/C20H17F4N5O5S2/c1-10-15(18(30)26-11-5-4-6-12(9-11)35(2,25)31)19(29-28-16(10)20(22,23)24)34-14-8-7-13(17(21)27-14)36(3,32)33/h4-9,25H,1-3H3,(H,26,30). The van der Waals surface area contributed by atoms with Crippen LogP contribution in [0.3, 0.4) is 0 Å². The first-order valence-corrected chi connectivity index (χ1v) is 13.5. The zero-order valence-corrected chi connectivity index (χ0v) is 20.3. The Labute approximate surface area is 202 Å². The summed E-state index contributed by atoms with van der Waals surface area (Å²) in [6.45, 7) is 0.944. The molecule has 0 aliphatic rings. The molecular weight excluding hydrogens is 530 g/mol. The normalized spacial score (nSPS) is 13.6. The molecule has 1 atom stereocenters. The molecule has 192 valence electrons. The predicted octanol–water partition coefficient (Wildman–Crippen LogP) is 3.82. The van der Waals surface area contributed by atoms with Gasteiger partial charge >= 0.3 is 6.18 Å². The molecule has 1 unspecified atom stereocenters. The largest absolute Gasteiger partial charge is 0.435 e. The van der Waals surface area contributed by atoms with E-state index in [1.165, 1.54) is 24.3 Å². The summed E-state index contributed by atoms with van der Waals surface area (Å²) in [5, 5.41) is 8.69. The summed E-state index contributed by atoms with van der Waals surface area (Å²) in [5.41, 5.74) is -2.87. The highest BCUT2D eigenvalue weighted by Crippen LogP contribution is 2.35. The molecule has 2 heterocycles. The van der Waals surface area contributed by atoms with Crippen LogP contribution in [0.2, 0.25) is 0 Å². The van der Waals surface area contributed by atoms with Crippen LogP contribution < -0.4 is 10.1 Å². The Morgan fingerprint density at radius 1 is 1.08 bits per heavy atom. The van der Waals surface area contributed by atoms with Gasteiger partial charge in [-0.05, 0) is 36.8 Å². The van der Waals surface area contributed by atoms with Crippen molar-refractivity contribution in [3.63, 3.8) is 0 Å². The van der Waals surface area contributed by atoms with Crippen molar-refractivity contribution in [2.45, 2.75) is 22.9 Å². The number of hydrogen-bond acceptors (Lipinski definition) is 9. The van der Waals surface area contributed by atoms with Crippen LogP contribution in [0, 0.1) is 17.7 Å². The monoisotopic (exact) mass is 547 g/mol. The molecule has 0 bridgehead atoms. The van der Waals surface area contributed by atoms with Gasteiger partial charge in [0.2, 0.25) is 11.8 Å². The van der Waals surface area contributed by atoms with E-state index in [1.54, 1.807) is 0 Å². The van der Waals surface area contributed by atoms with E-state index >= 15 is 0 Å². The van der Waals surface area contributed by atoms with Crippen molar-refractivity contribution in [1.82, 2.24) is 15.2 Å². The van der Waals surface area contributed by atoms with Gasteiger partial charge in [-0.25, -0.2) is 17.4 Å². The van der Waals surface area contributed by atoms with Crippen LogP contribution in [0.15, 0.2) is 46.2 Å². The fourth-order valence-corrected chi connectivity index (χ4v) is 4.31. The molecule has 36 heavy (non-hydrogen) atoms. The zero-order valence-electron chi connectivity index (χ0n) is 18.7. The molecule has 0 saturated carbocycles. The number of benzene rings is 1. The number of nitrogens with zero attached hydrogens (tertiary/aromatic N) is 3. The summed E-state index contributed by atoms with van der Waals surface area (Å²) in [4.78, 5) is 15.6. The molecule has 3 rings (SSSR count). The lowest BCUT2D eigenvalue weighted by molar-refractivity contribution is -0.142. The van der Waals surface area contributed by atoms with Crippen molar-refractivity contribution in [1.29, 1.82) is 4.78 Å². The Morgan fingerprint density at radius 3 is 2.31 bits per heavy atom. The Kier molecular flexibility index (Phi) is 7.05. The Morgan fingerprint density at radius 2 is 1.75 bits per heavy atom. The van der Waals surface area contributed by atoms with Crippen molar-refractivity contribution < 1.29 is 39.7 Å². The van der Waals surface area contributed by atoms with Gasteiger partial charge in [-0.3, -0.25) is 4.79 Å². The summed E-state index contributed by atoms with van der Waals surface area (Å²) in [5.74, 6) is -3.95. The molecule has 1 amide bonds. The third-order valence-corrected chi connectivity index (χ3v) is 6.87. The molecule has 0 spiro atoms. The van der Waals surface area contributed by atoms with Crippen LogP contribution in [0.25, 0.3) is 0 Å². The third kappa shape index (κ3) is 5.93. The van der Waals surface area contributed by atoms with Crippen LogP contribution in [0.1, 0.15) is 21.6 Å². The van der Waals surface area contributed by atoms with Gasteiger partial charge in [-0.2, -0.15) is 22.5 Å². The minimum atomic E-state index is -4.98. The number of aromatic nitrogens is 3. The minimum absolute atomic E-state index is 0.0109. The van der Waals surface area contributed by atoms with Crippen molar-refractivity contribution in [2.75, 3.05) is 17.8 Å². The van der Waals surface area contributed by atoms with E-state index in [0.29, 0.717) is 0 Å². The lowest BCUT2D eigenvalue weighted by atomic mass is 10.1. The Hall–Kier alpha value is -3.66. The van der Waals surface area contributed by atoms with Gasteiger partial charge in [0.15, 0.2) is 15.5 Å². The molecule has 16 heteroatoms. The number of rotatable bonds is 6. The number of nitrogens with one attached hydrogen (secondary N) is 2. The molecular formula is C20H17F4N5O5S2. The Bertz CT molecular complexity index is 1580. The fourth-order valence-electron chi connectivity index (χ4n) is 2.95. The molecule has 2 aromatic heterocycles. The number of ether oxygens (including phenoxy) is 1. The van der Waals surface area contributed by atoms with Gasteiger partial charge in [0, 0.05) is 29.2 Å². The summed E-state index contributed by atoms with van der Waals surface area (Å²) in [6.07, 6.45) is -3.09. The quantitative estimate of drug-likeness (QED) is 0.349. The van der Waals surface area contributed by atoms with E-state index in [1.807, 2.05) is 0 Å². The second kappa shape index (κ2) is 9.42. The number of halogens is 4. The van der Waals surface area contributed by atoms with Crippen LogP contribution in [-0.4, -0.2) is 46.2 Å². The van der Waals surface area contributed by atoms with Crippen LogP contribution in [-0.2, 0) is 25.7 Å². The minimum Gasteiger partial charge on any atom is -0.418 e. The van der Waals surface area contributed by atoms with Gasteiger partial charge in [0.1, 0.15) is 10.5 Å². The second-order valence-corrected chi connectivity index (χ2v) is 11.6. The van der Waals surface area contributed by atoms with Crippen molar-refractivity contribution in [3.05, 3.63) is 59.2 Å². The third-order valence-electron chi connectivity index (χ3n) is 4.61. The van der Waals surface area contributed by atoms with Crippen LogP contribution >= 0.6 is 0 Å². The first kappa shape index (κ1) is 26.9. The van der Waals surface area contributed by atoms with Crippen molar-refractivity contribution in [3.8, 4) is 11.8 Å². The molecule has 3 aromatic rings. The molecule has 0 aliphatic carbocycles. The Balaban J connectivity index is 2.08. The number of alkyl halides is 3. The molecule has 0 saturated heterocycles. The summed E-state index contributed by atoms with van der Waals surface area (Å²) in [7, 11) is -7.13. The number of carbonyl (C=O) groups is 1. The van der Waals surface area contributed by atoms with E-state index in [2.05, 4.69) is 20.5 Å². The van der Waals surface area contributed by atoms with E-state index in [9.17, 15) is 35.0 Å². The predicted molar refractivity (Wildman–Crippen MR) is 119 cm³/mol. The molecule has 10 nitrogen and oxygen atoms in total. The van der Waals surface area contributed by atoms with E-state index < -0.39 is 71.1 Å². The second-order valence-electron chi connectivity index (χ2n) is 7.49. The number of anilines is 1. The average molecular weight is 548 g/mol. The zero-order chi connectivity index (χ0) is 27.1. The van der Waals surface area contributed by atoms with E-state index in [4.69, 9.17) is 9.52 Å². The number of hydrogen-bond donors (Lipinski definition) is 2. The highest BCUT2D eigenvalue weighted by molar-refractivity contribution is 7.91. The molecule has 2 N–H and O–H groups in total. The number of amides is 1. The molecule has 0 fully saturated rings. The smallest absolute Gasteiger partial charge is 0.418 e. The number of carbonyl (C=O) groups excluding carboxylic acids is 1. The van der Waals surface area contributed by atoms with Gasteiger partial charge in [0.25, 0.3) is 11.8 Å². The van der Waals surface area contributed by atoms with E-state index in [-0.39, 0.29) is 10.6 Å². The summed E-state index contributed by atoms with van der Waals surface area (Å²) in [6, 6.07) is 7.07. The first-order valence-electron chi connectivity index (χ1n) is 9.62. The SMILES string of the molecule is Cc1c(C(F)(F)F)nnc(Oc2ccc(S(C)(=O)=O)c(F)n2)c1C(=O)Nc1cccc(S(C)(=N)=O)c1.